The minimum atomic E-state index is 0.612. The van der Waals surface area contributed by atoms with Gasteiger partial charge in [0.1, 0.15) is 0 Å². The summed E-state index contributed by atoms with van der Waals surface area (Å²) in [6.07, 6.45) is 4.79. The van der Waals surface area contributed by atoms with E-state index in [-0.39, 0.29) is 0 Å². The van der Waals surface area contributed by atoms with Crippen LogP contribution in [0.3, 0.4) is 0 Å². The molecule has 0 amide bonds. The maximum absolute atomic E-state index is 3.36. The number of aromatic amines is 1. The van der Waals surface area contributed by atoms with Gasteiger partial charge in [-0.3, -0.25) is 4.90 Å². The third-order valence-electron chi connectivity index (χ3n) is 3.50. The normalized spacial score (nSPS) is 22.6. The zero-order chi connectivity index (χ0) is 10.3. The molecule has 2 heteroatoms. The van der Waals surface area contributed by atoms with E-state index in [0.29, 0.717) is 6.04 Å². The number of nitrogens with one attached hydrogen (secondary N) is 1. The Balaban J connectivity index is 2.10. The van der Waals surface area contributed by atoms with Crippen molar-refractivity contribution in [1.29, 1.82) is 0 Å². The van der Waals surface area contributed by atoms with Crippen LogP contribution in [0.1, 0.15) is 24.4 Å². The molecule has 1 fully saturated rings. The van der Waals surface area contributed by atoms with Crippen LogP contribution in [0.15, 0.2) is 30.5 Å². The molecule has 78 valence electrons. The van der Waals surface area contributed by atoms with Crippen LogP contribution in [0.2, 0.25) is 0 Å². The number of hydrogen-bond acceptors (Lipinski definition) is 1. The summed E-state index contributed by atoms with van der Waals surface area (Å²) in [5, 5.41) is 1.39. The quantitative estimate of drug-likeness (QED) is 0.750. The third kappa shape index (κ3) is 1.37. The minimum Gasteiger partial charge on any atom is -0.361 e. The zero-order valence-electron chi connectivity index (χ0n) is 9.03. The number of fused-ring (bicyclic) bond motifs is 1. The molecule has 1 aromatic heterocycles. The van der Waals surface area contributed by atoms with E-state index in [1.54, 1.807) is 0 Å². The van der Waals surface area contributed by atoms with Gasteiger partial charge < -0.3 is 4.98 Å². The lowest BCUT2D eigenvalue weighted by Gasteiger charge is -2.18. The molecule has 0 bridgehead atoms. The molecular formula is C13H16N2. The van der Waals surface area contributed by atoms with Crippen LogP contribution in [0.25, 0.3) is 10.9 Å². The topological polar surface area (TPSA) is 19.0 Å². The Hall–Kier alpha value is -1.28. The molecule has 2 heterocycles. The Bertz CT molecular complexity index is 472. The number of rotatable bonds is 1. The van der Waals surface area contributed by atoms with Gasteiger partial charge in [0.05, 0.1) is 0 Å². The summed E-state index contributed by atoms with van der Waals surface area (Å²) in [6, 6.07) is 9.18. The lowest BCUT2D eigenvalue weighted by molar-refractivity contribution is 0.319. The summed E-state index contributed by atoms with van der Waals surface area (Å²) < 4.78 is 0. The molecule has 15 heavy (non-hydrogen) atoms. The molecule has 1 unspecified atom stereocenters. The predicted molar refractivity (Wildman–Crippen MR) is 62.9 cm³/mol. The summed E-state index contributed by atoms with van der Waals surface area (Å²) in [5.74, 6) is 0. The van der Waals surface area contributed by atoms with E-state index in [1.165, 1.54) is 35.9 Å². The number of hydrogen-bond donors (Lipinski definition) is 1. The maximum atomic E-state index is 3.36. The van der Waals surface area contributed by atoms with Crippen LogP contribution in [0, 0.1) is 0 Å². The number of benzene rings is 1. The Kier molecular flexibility index (Phi) is 2.03. The van der Waals surface area contributed by atoms with Gasteiger partial charge >= 0.3 is 0 Å². The third-order valence-corrected chi connectivity index (χ3v) is 3.50. The second-order valence-electron chi connectivity index (χ2n) is 4.43. The van der Waals surface area contributed by atoms with Crippen molar-refractivity contribution in [2.75, 3.05) is 13.6 Å². The summed E-state index contributed by atoms with van der Waals surface area (Å²) >= 11 is 0. The summed E-state index contributed by atoms with van der Waals surface area (Å²) in [7, 11) is 2.22. The molecule has 1 saturated heterocycles. The first-order valence-corrected chi connectivity index (χ1v) is 5.62. The Morgan fingerprint density at radius 1 is 1.33 bits per heavy atom. The Morgan fingerprint density at radius 3 is 3.00 bits per heavy atom. The van der Waals surface area contributed by atoms with Gasteiger partial charge in [-0.05, 0) is 38.1 Å². The van der Waals surface area contributed by atoms with Crippen LogP contribution in [0.4, 0.5) is 0 Å². The second-order valence-corrected chi connectivity index (χ2v) is 4.43. The van der Waals surface area contributed by atoms with Crippen LogP contribution in [-0.2, 0) is 0 Å². The number of para-hydroxylation sites is 1. The van der Waals surface area contributed by atoms with Gasteiger partial charge in [-0.15, -0.1) is 0 Å². The van der Waals surface area contributed by atoms with E-state index in [1.807, 2.05) is 0 Å². The largest absolute Gasteiger partial charge is 0.361 e. The van der Waals surface area contributed by atoms with Gasteiger partial charge in [0, 0.05) is 23.1 Å². The zero-order valence-corrected chi connectivity index (χ0v) is 9.03. The first-order valence-electron chi connectivity index (χ1n) is 5.62. The van der Waals surface area contributed by atoms with Crippen molar-refractivity contribution in [3.05, 3.63) is 36.0 Å². The highest BCUT2D eigenvalue weighted by Gasteiger charge is 2.24. The number of H-pyrrole nitrogens is 1. The summed E-state index contributed by atoms with van der Waals surface area (Å²) in [4.78, 5) is 5.81. The van der Waals surface area contributed by atoms with Crippen LogP contribution < -0.4 is 0 Å². The summed E-state index contributed by atoms with van der Waals surface area (Å²) in [5.41, 5.74) is 2.72. The van der Waals surface area contributed by atoms with Crippen molar-refractivity contribution in [3.8, 4) is 0 Å². The van der Waals surface area contributed by atoms with Gasteiger partial charge in [0.15, 0.2) is 0 Å². The number of nitrogens with zero attached hydrogens (tertiary/aromatic N) is 1. The molecule has 0 aliphatic carbocycles. The van der Waals surface area contributed by atoms with Gasteiger partial charge in [-0.25, -0.2) is 0 Å². The lowest BCUT2D eigenvalue weighted by atomic mass is 10.0. The molecule has 2 nitrogen and oxygen atoms in total. The van der Waals surface area contributed by atoms with Crippen LogP contribution >= 0.6 is 0 Å². The maximum Gasteiger partial charge on any atom is 0.0457 e. The fourth-order valence-corrected chi connectivity index (χ4v) is 2.67. The highest BCUT2D eigenvalue weighted by Crippen LogP contribution is 2.34. The van der Waals surface area contributed by atoms with E-state index < -0.39 is 0 Å². The predicted octanol–water partition coefficient (Wildman–Crippen LogP) is 2.93. The fourth-order valence-electron chi connectivity index (χ4n) is 2.67. The van der Waals surface area contributed by atoms with Crippen molar-refractivity contribution in [3.63, 3.8) is 0 Å². The van der Waals surface area contributed by atoms with E-state index in [4.69, 9.17) is 0 Å². The van der Waals surface area contributed by atoms with Gasteiger partial charge in [0.2, 0.25) is 0 Å². The first kappa shape index (κ1) is 8.98. The molecule has 1 aliphatic heterocycles. The van der Waals surface area contributed by atoms with E-state index >= 15 is 0 Å². The number of likely N-dealkylation sites (tertiary alicyclic amines) is 1. The molecule has 0 radical (unpaired) electrons. The average Bonchev–Trinajstić information content (AvgIpc) is 2.83. The highest BCUT2D eigenvalue weighted by molar-refractivity contribution is 5.83. The van der Waals surface area contributed by atoms with Gasteiger partial charge in [0.25, 0.3) is 0 Å². The minimum absolute atomic E-state index is 0.612. The van der Waals surface area contributed by atoms with Crippen molar-refractivity contribution in [2.45, 2.75) is 18.9 Å². The molecule has 1 atom stereocenters. The second kappa shape index (κ2) is 3.38. The smallest absolute Gasteiger partial charge is 0.0457 e. The summed E-state index contributed by atoms with van der Waals surface area (Å²) in [6.45, 7) is 1.23. The number of aromatic nitrogens is 1. The molecule has 2 aromatic rings. The Labute approximate surface area is 89.9 Å². The van der Waals surface area contributed by atoms with Crippen molar-refractivity contribution >= 4 is 10.9 Å². The van der Waals surface area contributed by atoms with Crippen LogP contribution in [0.5, 0.6) is 0 Å². The molecule has 1 N–H and O–H groups in total. The highest BCUT2D eigenvalue weighted by atomic mass is 15.1. The molecule has 3 rings (SSSR count). The van der Waals surface area contributed by atoms with Crippen molar-refractivity contribution in [1.82, 2.24) is 9.88 Å². The SMILES string of the molecule is CN1CCCC1c1c[nH]c2ccccc12. The Morgan fingerprint density at radius 2 is 2.20 bits per heavy atom. The first-order chi connectivity index (χ1) is 7.36. The lowest BCUT2D eigenvalue weighted by Crippen LogP contribution is -2.17. The van der Waals surface area contributed by atoms with E-state index in [2.05, 4.69) is 47.4 Å². The molecular weight excluding hydrogens is 184 g/mol. The molecule has 0 spiro atoms. The average molecular weight is 200 g/mol. The monoisotopic (exact) mass is 200 g/mol. The van der Waals surface area contributed by atoms with Gasteiger partial charge in [-0.2, -0.15) is 0 Å². The van der Waals surface area contributed by atoms with Crippen molar-refractivity contribution in [2.24, 2.45) is 0 Å². The van der Waals surface area contributed by atoms with Crippen molar-refractivity contribution < 1.29 is 0 Å². The van der Waals surface area contributed by atoms with Crippen LogP contribution in [-0.4, -0.2) is 23.5 Å². The fraction of sp³-hybridized carbons (Fsp3) is 0.385. The molecule has 1 aliphatic rings. The molecule has 0 saturated carbocycles. The van der Waals surface area contributed by atoms with E-state index in [0.717, 1.165) is 0 Å². The van der Waals surface area contributed by atoms with E-state index in [9.17, 15) is 0 Å². The standard InChI is InChI=1S/C13H16N2/c1-15-8-4-7-13(15)11-9-14-12-6-3-2-5-10(11)12/h2-3,5-6,9,13-14H,4,7-8H2,1H3. The van der Waals surface area contributed by atoms with Gasteiger partial charge in [-0.1, -0.05) is 18.2 Å². The molecule has 1 aromatic carbocycles.